The van der Waals surface area contributed by atoms with E-state index in [1.54, 1.807) is 0 Å². The minimum atomic E-state index is -4.49. The van der Waals surface area contributed by atoms with Gasteiger partial charge in [0.2, 0.25) is 0 Å². The fourth-order valence-electron chi connectivity index (χ4n) is 10.1. The second-order valence-corrected chi connectivity index (χ2v) is 22.6. The van der Waals surface area contributed by atoms with Gasteiger partial charge in [0, 0.05) is 0 Å². The topological polar surface area (TPSA) is 114 Å². The third-order valence-corrected chi connectivity index (χ3v) is 15.9. The molecule has 0 spiro atoms. The summed E-state index contributed by atoms with van der Waals surface area (Å²) in [5.41, 5.74) is 4.79. The zero-order valence-corrected chi connectivity index (χ0v) is 48.0. The van der Waals surface area contributed by atoms with Crippen molar-refractivity contribution >= 4 is 79.5 Å². The monoisotopic (exact) mass is 1010 g/mol. The number of benzene rings is 4. The molecule has 6 nitrogen and oxygen atoms in total. The van der Waals surface area contributed by atoms with Gasteiger partial charge in [0.1, 0.15) is 20.2 Å². The van der Waals surface area contributed by atoms with Gasteiger partial charge in [-0.2, -0.15) is 0 Å². The zero-order chi connectivity index (χ0) is 49.3. The van der Waals surface area contributed by atoms with E-state index in [9.17, 15) is 25.9 Å². The molecule has 0 aromatic heterocycles. The predicted molar refractivity (Wildman–Crippen MR) is 295 cm³/mol. The molecule has 4 rings (SSSR count). The molecule has 0 aliphatic carbocycles. The molecular formula is C60H94CaO6S2. The van der Waals surface area contributed by atoms with E-state index < -0.39 is 20.2 Å². The van der Waals surface area contributed by atoms with Gasteiger partial charge in [-0.1, -0.05) is 256 Å². The Labute approximate surface area is 453 Å². The molecule has 9 heteroatoms. The molecule has 4 aromatic carbocycles. The molecule has 0 radical (unpaired) electrons. The first-order valence-corrected chi connectivity index (χ1v) is 30.8. The summed E-state index contributed by atoms with van der Waals surface area (Å²) >= 11 is 0. The Morgan fingerprint density at radius 2 is 0.522 bits per heavy atom. The van der Waals surface area contributed by atoms with Crippen molar-refractivity contribution in [3.8, 4) is 0 Å². The Hall–Kier alpha value is -1.52. The Kier molecular flexibility index (Phi) is 35.1. The van der Waals surface area contributed by atoms with Gasteiger partial charge in [-0.05, 0) is 107 Å². The Balaban J connectivity index is 0.000000467. The molecule has 0 bridgehead atoms. The van der Waals surface area contributed by atoms with Gasteiger partial charge in [-0.25, -0.2) is 16.8 Å². The van der Waals surface area contributed by atoms with Crippen molar-refractivity contribution in [2.75, 3.05) is 0 Å². The standard InChI is InChI=1S/2C30H48O3S.Ca/c2*1-3-5-7-9-11-13-15-17-20-26-22-19-23-28-29(34(31,32)33)25-24-27(30(26)28)21-18-16-14-12-10-8-6-4-2;/h2*19,22-25H,3-18,20-21H2,1-2H3,(H,31,32,33);/q;;+2/p-2. The summed E-state index contributed by atoms with van der Waals surface area (Å²) in [5.74, 6) is 0. The third-order valence-electron chi connectivity index (χ3n) is 14.1. The molecule has 0 unspecified atom stereocenters. The molecule has 0 fully saturated rings. The Morgan fingerprint density at radius 3 is 0.754 bits per heavy atom. The van der Waals surface area contributed by atoms with Crippen molar-refractivity contribution in [1.82, 2.24) is 0 Å². The van der Waals surface area contributed by atoms with Gasteiger partial charge in [0.05, 0.1) is 9.79 Å². The van der Waals surface area contributed by atoms with Gasteiger partial charge in [-0.15, -0.1) is 0 Å². The minimum Gasteiger partial charge on any atom is -0.744 e. The first-order valence-electron chi connectivity index (χ1n) is 28.0. The van der Waals surface area contributed by atoms with Crippen molar-refractivity contribution in [3.05, 3.63) is 82.9 Å². The van der Waals surface area contributed by atoms with Gasteiger partial charge in [0.25, 0.3) is 0 Å². The minimum absolute atomic E-state index is 0. The van der Waals surface area contributed by atoms with Gasteiger partial charge in [-0.3, -0.25) is 0 Å². The van der Waals surface area contributed by atoms with Crippen LogP contribution in [0.25, 0.3) is 21.5 Å². The van der Waals surface area contributed by atoms with Gasteiger partial charge >= 0.3 is 37.7 Å². The summed E-state index contributed by atoms with van der Waals surface area (Å²) in [6.45, 7) is 8.99. The smallest absolute Gasteiger partial charge is 0.744 e. The summed E-state index contributed by atoms with van der Waals surface area (Å²) in [6, 6.07) is 18.6. The first kappa shape index (κ1) is 63.6. The van der Waals surface area contributed by atoms with Crippen LogP contribution in [0.2, 0.25) is 0 Å². The molecule has 0 aliphatic heterocycles. The second-order valence-electron chi connectivity index (χ2n) is 19.9. The molecule has 0 heterocycles. The maximum absolute atomic E-state index is 11.9. The van der Waals surface area contributed by atoms with E-state index in [0.29, 0.717) is 10.8 Å². The average molecular weight is 1020 g/mol. The predicted octanol–water partition coefficient (Wildman–Crippen LogP) is 17.8. The SMILES string of the molecule is CCCCCCCCCCc1cccc2c(S(=O)(=O)[O-])ccc(CCCCCCCCCC)c12.CCCCCCCCCCc1cccc2c(S(=O)(=O)[O-])ccc(CCCCCCCCCC)c12.[Ca+2]. The fourth-order valence-corrected chi connectivity index (χ4v) is 11.5. The first-order chi connectivity index (χ1) is 33.0. The third kappa shape index (κ3) is 25.3. The van der Waals surface area contributed by atoms with Crippen LogP contribution in [0.1, 0.15) is 255 Å². The molecule has 4 aromatic rings. The number of hydrogen-bond donors (Lipinski definition) is 0. The second kappa shape index (κ2) is 38.1. The van der Waals surface area contributed by atoms with Crippen LogP contribution in [0, 0.1) is 0 Å². The van der Waals surface area contributed by atoms with E-state index in [-0.39, 0.29) is 47.5 Å². The summed E-state index contributed by atoms with van der Waals surface area (Å²) < 4.78 is 71.6. The molecule has 0 atom stereocenters. The molecule has 69 heavy (non-hydrogen) atoms. The van der Waals surface area contributed by atoms with Crippen molar-refractivity contribution < 1.29 is 25.9 Å². The van der Waals surface area contributed by atoms with Crippen molar-refractivity contribution in [2.24, 2.45) is 0 Å². The normalized spacial score (nSPS) is 11.8. The Bertz CT molecular complexity index is 1980. The van der Waals surface area contributed by atoms with E-state index >= 15 is 0 Å². The summed E-state index contributed by atoms with van der Waals surface area (Å²) in [4.78, 5) is -0.139. The molecule has 0 saturated heterocycles. The molecule has 0 amide bonds. The van der Waals surface area contributed by atoms with Crippen LogP contribution in [0.4, 0.5) is 0 Å². The summed E-state index contributed by atoms with van der Waals surface area (Å²) in [5, 5.41) is 3.27. The van der Waals surface area contributed by atoms with Crippen LogP contribution < -0.4 is 0 Å². The van der Waals surface area contributed by atoms with Crippen LogP contribution in [0.5, 0.6) is 0 Å². The van der Waals surface area contributed by atoms with Gasteiger partial charge < -0.3 is 9.11 Å². The van der Waals surface area contributed by atoms with Crippen LogP contribution >= 0.6 is 0 Å². The molecule has 384 valence electrons. The molecule has 0 saturated carbocycles. The number of fused-ring (bicyclic) bond motifs is 2. The van der Waals surface area contributed by atoms with E-state index in [4.69, 9.17) is 0 Å². The van der Waals surface area contributed by atoms with Crippen LogP contribution in [-0.2, 0) is 45.9 Å². The van der Waals surface area contributed by atoms with Crippen LogP contribution in [0.15, 0.2) is 70.5 Å². The van der Waals surface area contributed by atoms with Crippen molar-refractivity contribution in [1.29, 1.82) is 0 Å². The van der Waals surface area contributed by atoms with Crippen LogP contribution in [0.3, 0.4) is 0 Å². The average Bonchev–Trinajstić information content (AvgIpc) is 3.31. The molecule has 0 aliphatic rings. The Morgan fingerprint density at radius 1 is 0.304 bits per heavy atom. The van der Waals surface area contributed by atoms with Crippen LogP contribution in [-0.4, -0.2) is 63.7 Å². The zero-order valence-electron chi connectivity index (χ0n) is 44.2. The summed E-state index contributed by atoms with van der Waals surface area (Å²) in [7, 11) is -8.99. The molecule has 0 N–H and O–H groups in total. The van der Waals surface area contributed by atoms with E-state index in [2.05, 4.69) is 39.8 Å². The van der Waals surface area contributed by atoms with E-state index in [0.717, 1.165) is 62.1 Å². The number of unbranched alkanes of at least 4 members (excludes halogenated alkanes) is 28. The largest absolute Gasteiger partial charge is 2.00 e. The summed E-state index contributed by atoms with van der Waals surface area (Å²) in [6.07, 6.45) is 44.4. The number of hydrogen-bond acceptors (Lipinski definition) is 6. The number of rotatable bonds is 38. The quantitative estimate of drug-likeness (QED) is 0.0251. The van der Waals surface area contributed by atoms with Gasteiger partial charge in [0.15, 0.2) is 0 Å². The maximum Gasteiger partial charge on any atom is 2.00 e. The maximum atomic E-state index is 11.9. The fraction of sp³-hybridized carbons (Fsp3) is 0.667. The number of aryl methyl sites for hydroxylation is 4. The van der Waals surface area contributed by atoms with Crippen molar-refractivity contribution in [3.63, 3.8) is 0 Å². The van der Waals surface area contributed by atoms with Crippen molar-refractivity contribution in [2.45, 2.75) is 269 Å². The molecular weight excluding hydrogens is 921 g/mol. The van der Waals surface area contributed by atoms with E-state index in [1.807, 2.05) is 36.4 Å². The van der Waals surface area contributed by atoms with E-state index in [1.165, 1.54) is 214 Å².